The van der Waals surface area contributed by atoms with Gasteiger partial charge in [-0.15, -0.1) is 0 Å². The third-order valence-electron chi connectivity index (χ3n) is 14.9. The van der Waals surface area contributed by atoms with E-state index < -0.39 is 0 Å². The minimum atomic E-state index is -0.0614. The first kappa shape index (κ1) is 37.1. The van der Waals surface area contributed by atoms with Crippen molar-refractivity contribution in [3.63, 3.8) is 0 Å². The van der Waals surface area contributed by atoms with Gasteiger partial charge in [-0.1, -0.05) is 196 Å². The molecule has 0 spiro atoms. The fourth-order valence-electron chi connectivity index (χ4n) is 11.8. The molecule has 1 nitrogen and oxygen atoms in total. The number of anilines is 3. The molecule has 1 aliphatic rings. The Morgan fingerprint density at radius 1 is 0.288 bits per heavy atom. The number of hydrogen-bond donors (Lipinski definition) is 0. The quantitative estimate of drug-likeness (QED) is 0.156. The molecular formula is C65H43N. The van der Waals surface area contributed by atoms with Gasteiger partial charge in [-0.3, -0.25) is 0 Å². The Morgan fingerprint density at radius 3 is 1.41 bits per heavy atom. The van der Waals surface area contributed by atoms with Crippen molar-refractivity contribution in [2.75, 3.05) is 4.90 Å². The molecule has 1 heteroatoms. The molecule has 0 fully saturated rings. The van der Waals surface area contributed by atoms with Crippen LogP contribution in [0.1, 0.15) is 25.0 Å². The van der Waals surface area contributed by atoms with Gasteiger partial charge >= 0.3 is 0 Å². The summed E-state index contributed by atoms with van der Waals surface area (Å²) in [6, 6.07) is 84.2. The van der Waals surface area contributed by atoms with Crippen LogP contribution in [0.4, 0.5) is 17.1 Å². The molecule has 308 valence electrons. The summed E-state index contributed by atoms with van der Waals surface area (Å²) in [5, 5.41) is 17.8. The van der Waals surface area contributed by atoms with Gasteiger partial charge in [-0.25, -0.2) is 0 Å². The van der Waals surface area contributed by atoms with Crippen LogP contribution < -0.4 is 4.90 Å². The molecule has 13 aromatic rings. The van der Waals surface area contributed by atoms with Crippen molar-refractivity contribution in [2.45, 2.75) is 19.3 Å². The van der Waals surface area contributed by atoms with Crippen LogP contribution in [-0.4, -0.2) is 0 Å². The summed E-state index contributed by atoms with van der Waals surface area (Å²) in [6.45, 7) is 4.72. The highest BCUT2D eigenvalue weighted by atomic mass is 15.1. The second-order valence-corrected chi connectivity index (χ2v) is 18.8. The summed E-state index contributed by atoms with van der Waals surface area (Å²) in [5.41, 5.74) is 13.6. The molecule has 0 N–H and O–H groups in total. The van der Waals surface area contributed by atoms with E-state index in [4.69, 9.17) is 0 Å². The second-order valence-electron chi connectivity index (χ2n) is 18.8. The van der Waals surface area contributed by atoms with Crippen molar-refractivity contribution < 1.29 is 0 Å². The highest BCUT2D eigenvalue weighted by Crippen LogP contribution is 2.51. The highest BCUT2D eigenvalue weighted by molar-refractivity contribution is 6.38. The van der Waals surface area contributed by atoms with Crippen LogP contribution in [0.5, 0.6) is 0 Å². The lowest BCUT2D eigenvalue weighted by Gasteiger charge is -2.28. The summed E-state index contributed by atoms with van der Waals surface area (Å²) in [6.07, 6.45) is 0. The van der Waals surface area contributed by atoms with Crippen LogP contribution >= 0.6 is 0 Å². The largest absolute Gasteiger partial charge is 0.310 e. The molecule has 66 heavy (non-hydrogen) atoms. The molecule has 0 aliphatic heterocycles. The number of hydrogen-bond acceptors (Lipinski definition) is 1. The van der Waals surface area contributed by atoms with Crippen molar-refractivity contribution in [1.29, 1.82) is 0 Å². The van der Waals surface area contributed by atoms with Gasteiger partial charge in [0.1, 0.15) is 0 Å². The first-order valence-electron chi connectivity index (χ1n) is 23.2. The lowest BCUT2D eigenvalue weighted by atomic mass is 9.81. The van der Waals surface area contributed by atoms with Crippen molar-refractivity contribution in [1.82, 2.24) is 0 Å². The summed E-state index contributed by atoms with van der Waals surface area (Å²) in [5.74, 6) is 0. The maximum atomic E-state index is 2.48. The average molecular weight is 838 g/mol. The zero-order chi connectivity index (χ0) is 43.7. The van der Waals surface area contributed by atoms with E-state index in [0.717, 1.165) is 17.1 Å². The van der Waals surface area contributed by atoms with E-state index in [0.29, 0.717) is 0 Å². The van der Waals surface area contributed by atoms with Gasteiger partial charge in [0.15, 0.2) is 0 Å². The molecule has 0 heterocycles. The molecule has 0 radical (unpaired) electrons. The Morgan fingerprint density at radius 2 is 0.742 bits per heavy atom. The van der Waals surface area contributed by atoms with Crippen LogP contribution in [0.2, 0.25) is 0 Å². The van der Waals surface area contributed by atoms with Crippen molar-refractivity contribution in [2.24, 2.45) is 0 Å². The van der Waals surface area contributed by atoms with Crippen LogP contribution in [0, 0.1) is 0 Å². The molecule has 13 aromatic carbocycles. The number of benzene rings is 12. The van der Waals surface area contributed by atoms with Gasteiger partial charge in [0.2, 0.25) is 0 Å². The van der Waals surface area contributed by atoms with Gasteiger partial charge in [-0.05, 0) is 152 Å². The second kappa shape index (κ2) is 13.9. The smallest absolute Gasteiger partial charge is 0.0546 e. The summed E-state index contributed by atoms with van der Waals surface area (Å²) in [7, 11) is 0. The van der Waals surface area contributed by atoms with Crippen LogP contribution in [-0.2, 0) is 5.41 Å². The summed E-state index contributed by atoms with van der Waals surface area (Å²) in [4.78, 5) is 2.48. The minimum Gasteiger partial charge on any atom is -0.310 e. The number of fused-ring (bicyclic) bond motifs is 6. The highest BCUT2D eigenvalue weighted by Gasteiger charge is 2.35. The molecule has 0 unspecified atom stereocenters. The molecule has 14 rings (SSSR count). The first-order chi connectivity index (χ1) is 32.5. The molecule has 0 amide bonds. The fraction of sp³-hybridized carbons (Fsp3) is 0.0462. The Bertz CT molecular complexity index is 4120. The maximum Gasteiger partial charge on any atom is 0.0546 e. The van der Waals surface area contributed by atoms with E-state index in [1.165, 1.54) is 120 Å². The Kier molecular flexibility index (Phi) is 7.81. The Balaban J connectivity index is 0.997. The van der Waals surface area contributed by atoms with Crippen LogP contribution in [0.25, 0.3) is 109 Å². The zero-order valence-electron chi connectivity index (χ0n) is 36.8. The van der Waals surface area contributed by atoms with Gasteiger partial charge < -0.3 is 4.90 Å². The van der Waals surface area contributed by atoms with Crippen LogP contribution in [0.3, 0.4) is 0 Å². The summed E-state index contributed by atoms with van der Waals surface area (Å²) >= 11 is 0. The van der Waals surface area contributed by atoms with E-state index in [-0.39, 0.29) is 5.41 Å². The molecule has 0 atom stereocenters. The lowest BCUT2D eigenvalue weighted by molar-refractivity contribution is 0.660. The zero-order valence-corrected chi connectivity index (χ0v) is 36.8. The fourth-order valence-corrected chi connectivity index (χ4v) is 11.8. The van der Waals surface area contributed by atoms with E-state index in [2.05, 4.69) is 243 Å². The average Bonchev–Trinajstić information content (AvgIpc) is 3.60. The van der Waals surface area contributed by atoms with Gasteiger partial charge in [0, 0.05) is 27.6 Å². The monoisotopic (exact) mass is 837 g/mol. The Hall–Kier alpha value is -8.26. The van der Waals surface area contributed by atoms with Gasteiger partial charge in [0.05, 0.1) is 5.69 Å². The topological polar surface area (TPSA) is 3.24 Å². The van der Waals surface area contributed by atoms with Crippen molar-refractivity contribution >= 4 is 92.5 Å². The summed E-state index contributed by atoms with van der Waals surface area (Å²) < 4.78 is 0. The van der Waals surface area contributed by atoms with E-state index in [1.54, 1.807) is 0 Å². The minimum absolute atomic E-state index is 0.0614. The van der Waals surface area contributed by atoms with E-state index >= 15 is 0 Å². The predicted octanol–water partition coefficient (Wildman–Crippen LogP) is 18.3. The molecule has 0 saturated heterocycles. The lowest BCUT2D eigenvalue weighted by Crippen LogP contribution is -2.14. The van der Waals surface area contributed by atoms with Gasteiger partial charge in [0.25, 0.3) is 0 Å². The third-order valence-corrected chi connectivity index (χ3v) is 14.9. The Labute approximate surface area is 383 Å². The van der Waals surface area contributed by atoms with E-state index in [1.807, 2.05) is 0 Å². The number of rotatable bonds is 5. The number of nitrogens with zero attached hydrogens (tertiary/aromatic N) is 1. The van der Waals surface area contributed by atoms with Crippen molar-refractivity contribution in [3.05, 3.63) is 236 Å². The van der Waals surface area contributed by atoms with Gasteiger partial charge in [-0.2, -0.15) is 0 Å². The van der Waals surface area contributed by atoms with Crippen molar-refractivity contribution in [3.8, 4) is 33.4 Å². The maximum absolute atomic E-state index is 2.48. The third kappa shape index (κ3) is 5.35. The molecule has 0 saturated carbocycles. The predicted molar refractivity (Wildman–Crippen MR) is 283 cm³/mol. The first-order valence-corrected chi connectivity index (χ1v) is 23.2. The molecule has 0 aromatic heterocycles. The van der Waals surface area contributed by atoms with E-state index in [9.17, 15) is 0 Å². The SMILES string of the molecule is CC1(C)c2ccccc2-c2ccc(-c3ccc(N(c4ccc(-c5ccc6ccccc6c5)cc4)c4cc5cccc6c7cccc8ccc9cccc(c%10cccc4c%10c56)c9c87)cc3)cc21. The molecule has 0 bridgehead atoms. The van der Waals surface area contributed by atoms with Crippen LogP contribution in [0.15, 0.2) is 224 Å². The standard InChI is InChI=1S/C65H43N/c1-65(2)58-22-6-5-16-51(58)52-36-31-47(38-59(52)65)42-29-34-50(35-30-42)66(49-32-27-41(28-33-49)46-26-23-40-11-3-4-12-45(40)37-46)60-39-48-15-9-19-54-53-17-7-13-43-24-25-44-14-8-18-55(62(44)61(43)53)56-20-10-21-57(60)64(56)63(48)54/h3-39H,1-2H3. The molecular weight excluding hydrogens is 795 g/mol. The molecule has 1 aliphatic carbocycles. The normalized spacial score (nSPS) is 13.1.